The number of nitrogens with zero attached hydrogens (tertiary/aromatic N) is 5. The Morgan fingerprint density at radius 1 is 1.21 bits per heavy atom. The van der Waals surface area contributed by atoms with E-state index in [1.807, 2.05) is 0 Å². The van der Waals surface area contributed by atoms with Crippen LogP contribution in [-0.2, 0) is 24.0 Å². The third kappa shape index (κ3) is 6.59. The third-order valence-electron chi connectivity index (χ3n) is 6.66. The maximum Gasteiger partial charge on any atom is 0.352 e. The van der Waals surface area contributed by atoms with Gasteiger partial charge in [-0.2, -0.15) is 0 Å². The fraction of sp³-hybridized carbons (Fsp3) is 0.200. The van der Waals surface area contributed by atoms with E-state index < -0.39 is 58.5 Å². The van der Waals surface area contributed by atoms with E-state index in [0.717, 1.165) is 50.9 Å². The van der Waals surface area contributed by atoms with E-state index in [9.17, 15) is 39.6 Å². The number of carbonyl (C=O) groups excluding carboxylic acids is 3. The molecule has 1 saturated heterocycles. The number of amides is 2. The summed E-state index contributed by atoms with van der Waals surface area (Å²) in [4.78, 5) is 65.0. The number of aliphatic carboxylic acids is 2. The summed E-state index contributed by atoms with van der Waals surface area (Å²) in [7, 11) is 0. The molecule has 19 nitrogen and oxygen atoms in total. The highest BCUT2D eigenvalue weighted by Crippen LogP contribution is 2.41. The molecule has 2 unspecified atom stereocenters. The van der Waals surface area contributed by atoms with Gasteiger partial charge in [0.05, 0.1) is 17.7 Å². The van der Waals surface area contributed by atoms with Crippen molar-refractivity contribution in [2.24, 2.45) is 5.16 Å². The van der Waals surface area contributed by atoms with Crippen LogP contribution in [0.3, 0.4) is 0 Å². The van der Waals surface area contributed by atoms with E-state index >= 15 is 0 Å². The second-order valence-electron chi connectivity index (χ2n) is 9.73. The summed E-state index contributed by atoms with van der Waals surface area (Å²) >= 11 is 3.15. The molecular formula is C25H24N10O9S3. The maximum absolute atomic E-state index is 13.4. The number of hydrogen-bond donors (Lipinski definition) is 8. The normalized spacial score (nSPS) is 18.3. The molecule has 1 fully saturated rings. The Labute approximate surface area is 275 Å². The number of hydrogen-bond acceptors (Lipinski definition) is 18. The van der Waals surface area contributed by atoms with Crippen LogP contribution in [0, 0.1) is 0 Å². The van der Waals surface area contributed by atoms with E-state index in [1.54, 1.807) is 0 Å². The average molecular weight is 705 g/mol. The number of aromatic nitrogens is 3. The van der Waals surface area contributed by atoms with Crippen molar-refractivity contribution in [3.8, 4) is 11.5 Å². The second-order valence-corrected chi connectivity index (χ2v) is 12.7. The molecule has 1 aromatic carbocycles. The molecule has 246 valence electrons. The van der Waals surface area contributed by atoms with Crippen LogP contribution >= 0.6 is 34.9 Å². The third-order valence-corrected chi connectivity index (χ3v) is 9.72. The lowest BCUT2D eigenvalue weighted by Crippen LogP contribution is -2.71. The van der Waals surface area contributed by atoms with Crippen molar-refractivity contribution in [3.63, 3.8) is 0 Å². The predicted molar refractivity (Wildman–Crippen MR) is 165 cm³/mol. The second kappa shape index (κ2) is 13.1. The van der Waals surface area contributed by atoms with Gasteiger partial charge in [0.2, 0.25) is 17.7 Å². The number of nitrogen functional groups attached to an aromatic ring is 4. The molecule has 2 aliphatic rings. The van der Waals surface area contributed by atoms with Gasteiger partial charge in [-0.15, -0.1) is 27.8 Å². The monoisotopic (exact) mass is 704 g/mol. The minimum atomic E-state index is -1.84. The average Bonchev–Trinajstić information content (AvgIpc) is 3.45. The van der Waals surface area contributed by atoms with Crippen LogP contribution in [0.5, 0.6) is 11.5 Å². The molecule has 5 rings (SSSR count). The minimum absolute atomic E-state index is 0.0397. The van der Waals surface area contributed by atoms with E-state index in [1.165, 1.54) is 23.2 Å². The number of nitrogens with two attached hydrogens (primary N) is 4. The molecule has 0 saturated carbocycles. The van der Waals surface area contributed by atoms with Crippen molar-refractivity contribution >= 4 is 81.1 Å². The lowest BCUT2D eigenvalue weighted by Gasteiger charge is -2.50. The number of phenolic OH excluding ortho intramolecular Hbond substituents is 2. The molecule has 3 atom stereocenters. The van der Waals surface area contributed by atoms with Crippen LogP contribution in [0.2, 0.25) is 0 Å². The van der Waals surface area contributed by atoms with Gasteiger partial charge in [-0.1, -0.05) is 16.2 Å². The molecule has 22 heteroatoms. The molecule has 0 spiro atoms. The molecule has 3 aromatic rings. The van der Waals surface area contributed by atoms with Gasteiger partial charge in [0.15, 0.2) is 22.3 Å². The number of aromatic hydroxyl groups is 2. The standard InChI is InChI=1S/C25H24N10O9S3/c26-13-4-14(27)35(29)25(31-13)47-6-9-5-45-21-16(20(39)34(21)17(9)22(40)41)32-19(38)15(10-7-46-24(28)30-10)33-44-18(23(42)43)8-1-2-11(36)12(37)3-8/h1-4,7,16,18,21H,5-6,29H2,(H10,26,27,28,30,32,33,36,37,38,40,41,42,43)/t16?,18?,21-/m1/s1. The molecule has 0 aliphatic carbocycles. The van der Waals surface area contributed by atoms with Gasteiger partial charge in [0.1, 0.15) is 17.1 Å². The molecular weight excluding hydrogens is 681 g/mol. The lowest BCUT2D eigenvalue weighted by atomic mass is 10.0. The molecule has 0 bridgehead atoms. The Bertz CT molecular complexity index is 1870. The van der Waals surface area contributed by atoms with Crippen LogP contribution in [0.25, 0.3) is 0 Å². The summed E-state index contributed by atoms with van der Waals surface area (Å²) in [5.41, 5.74) is 16.4. The minimum Gasteiger partial charge on any atom is -0.543 e. The SMILES string of the molecule is Nc1cc(N)[n+](N)c(SCC2=C(C(=O)[O-])N3C(=O)C(NC(=O)/C(=N\OC(C(=O)O)c4ccc(O)c(O)c4)c4csc(N)n4)[C@H]3SC2)n1. The summed E-state index contributed by atoms with van der Waals surface area (Å²) in [6.07, 6.45) is -1.84. The molecule has 2 aromatic heterocycles. The number of carboxylic acid groups (broad SMARTS) is 2. The van der Waals surface area contributed by atoms with Gasteiger partial charge in [-0.3, -0.25) is 20.3 Å². The number of fused-ring (bicyclic) bond motifs is 1. The van der Waals surface area contributed by atoms with Gasteiger partial charge < -0.3 is 52.6 Å². The number of thioether (sulfide) groups is 2. The summed E-state index contributed by atoms with van der Waals surface area (Å²) < 4.78 is 1.07. The summed E-state index contributed by atoms with van der Waals surface area (Å²) in [6.45, 7) is 0. The number of β-lactam (4-membered cyclic amide) rings is 1. The Hall–Kier alpha value is -5.48. The molecule has 47 heavy (non-hydrogen) atoms. The Morgan fingerprint density at radius 3 is 2.60 bits per heavy atom. The fourth-order valence-corrected chi connectivity index (χ4v) is 7.41. The maximum atomic E-state index is 13.4. The highest BCUT2D eigenvalue weighted by Gasteiger charge is 2.53. The number of rotatable bonds is 11. The smallest absolute Gasteiger partial charge is 0.352 e. The molecule has 0 radical (unpaired) electrons. The van der Waals surface area contributed by atoms with Crippen molar-refractivity contribution in [2.75, 3.05) is 34.5 Å². The first kappa shape index (κ1) is 32.9. The van der Waals surface area contributed by atoms with Gasteiger partial charge in [0, 0.05) is 22.4 Å². The summed E-state index contributed by atoms with van der Waals surface area (Å²) in [5, 5.41) is 48.2. The number of thiazole rings is 1. The highest BCUT2D eigenvalue weighted by molar-refractivity contribution is 8.01. The van der Waals surface area contributed by atoms with Crippen LogP contribution in [0.1, 0.15) is 17.4 Å². The lowest BCUT2D eigenvalue weighted by molar-refractivity contribution is -0.667. The van der Waals surface area contributed by atoms with Crippen LogP contribution in [-0.4, -0.2) is 82.6 Å². The van der Waals surface area contributed by atoms with Crippen LogP contribution < -0.4 is 38.1 Å². The summed E-state index contributed by atoms with van der Waals surface area (Å²) in [6, 6.07) is 3.27. The van der Waals surface area contributed by atoms with Crippen molar-refractivity contribution in [1.82, 2.24) is 20.2 Å². The number of phenols is 2. The van der Waals surface area contributed by atoms with E-state index in [4.69, 9.17) is 27.9 Å². The zero-order chi connectivity index (χ0) is 34.2. The molecule has 2 amide bonds. The van der Waals surface area contributed by atoms with Crippen molar-refractivity contribution in [1.29, 1.82) is 0 Å². The Morgan fingerprint density at radius 2 is 1.96 bits per heavy atom. The first-order valence-electron chi connectivity index (χ1n) is 13.0. The fourth-order valence-electron chi connectivity index (χ4n) is 4.43. The van der Waals surface area contributed by atoms with Crippen LogP contribution in [0.15, 0.2) is 51.2 Å². The number of benzene rings is 1. The number of oxime groups is 1. The molecule has 2 aliphatic heterocycles. The zero-order valence-corrected chi connectivity index (χ0v) is 26.0. The van der Waals surface area contributed by atoms with Crippen molar-refractivity contribution < 1.29 is 49.1 Å². The summed E-state index contributed by atoms with van der Waals surface area (Å²) in [5.74, 6) is 0.221. The Kier molecular flexibility index (Phi) is 9.17. The van der Waals surface area contributed by atoms with Gasteiger partial charge in [-0.25, -0.2) is 9.78 Å². The first-order valence-corrected chi connectivity index (χ1v) is 15.9. The first-order chi connectivity index (χ1) is 22.3. The van der Waals surface area contributed by atoms with Gasteiger partial charge in [0.25, 0.3) is 11.8 Å². The topological polar surface area (TPSA) is 323 Å². The van der Waals surface area contributed by atoms with Crippen molar-refractivity contribution in [2.45, 2.75) is 22.7 Å². The largest absolute Gasteiger partial charge is 0.543 e. The Balaban J connectivity index is 1.36. The number of anilines is 3. The van der Waals surface area contributed by atoms with Crippen molar-refractivity contribution in [3.05, 3.63) is 52.2 Å². The van der Waals surface area contributed by atoms with E-state index in [0.29, 0.717) is 5.57 Å². The van der Waals surface area contributed by atoms with Gasteiger partial charge in [-0.05, 0) is 29.5 Å². The quantitative estimate of drug-likeness (QED) is 0.0149. The molecule has 4 heterocycles. The predicted octanol–water partition coefficient (Wildman–Crippen LogP) is -2.56. The number of nitrogens with one attached hydrogen (secondary N) is 1. The number of carbonyl (C=O) groups is 4. The number of carboxylic acids is 2. The molecule has 12 N–H and O–H groups in total. The zero-order valence-electron chi connectivity index (χ0n) is 23.6. The van der Waals surface area contributed by atoms with E-state index in [-0.39, 0.29) is 50.4 Å². The van der Waals surface area contributed by atoms with Gasteiger partial charge >= 0.3 is 11.1 Å². The van der Waals surface area contributed by atoms with Crippen LogP contribution in [0.4, 0.5) is 16.8 Å². The van der Waals surface area contributed by atoms with E-state index in [2.05, 4.69) is 20.4 Å². The highest BCUT2D eigenvalue weighted by atomic mass is 32.2.